The Hall–Kier alpha value is -2.35. The Morgan fingerprint density at radius 2 is 1.93 bits per heavy atom. The summed E-state index contributed by atoms with van der Waals surface area (Å²) in [6.07, 6.45) is 2.65. The molecule has 1 unspecified atom stereocenters. The zero-order valence-corrected chi connectivity index (χ0v) is 16.7. The van der Waals surface area contributed by atoms with E-state index in [1.54, 1.807) is 6.26 Å². The van der Waals surface area contributed by atoms with Gasteiger partial charge in [-0.25, -0.2) is 4.79 Å². The molecule has 3 rings (SSSR count). The second kappa shape index (κ2) is 10.3. The van der Waals surface area contributed by atoms with Gasteiger partial charge in [0.2, 0.25) is 0 Å². The topological polar surface area (TPSA) is 70.0 Å². The quantitative estimate of drug-likeness (QED) is 0.730. The fourth-order valence-corrected chi connectivity index (χ4v) is 3.25. The molecule has 28 heavy (non-hydrogen) atoms. The number of carbonyl (C=O) groups excluding carboxylic acids is 1. The highest BCUT2D eigenvalue weighted by Gasteiger charge is 2.17. The number of ether oxygens (including phenoxy) is 1. The van der Waals surface area contributed by atoms with Crippen molar-refractivity contribution in [3.05, 3.63) is 54.0 Å². The van der Waals surface area contributed by atoms with E-state index in [-0.39, 0.29) is 12.1 Å². The highest BCUT2D eigenvalue weighted by molar-refractivity contribution is 5.89. The molecule has 2 heterocycles. The van der Waals surface area contributed by atoms with Gasteiger partial charge in [0.15, 0.2) is 0 Å². The molecule has 7 nitrogen and oxygen atoms in total. The van der Waals surface area contributed by atoms with Crippen molar-refractivity contribution in [2.24, 2.45) is 0 Å². The van der Waals surface area contributed by atoms with Gasteiger partial charge in [-0.2, -0.15) is 0 Å². The summed E-state index contributed by atoms with van der Waals surface area (Å²) in [5, 5.41) is 5.80. The number of morpholine rings is 1. The summed E-state index contributed by atoms with van der Waals surface area (Å²) in [7, 11) is 3.92. The van der Waals surface area contributed by atoms with Crippen molar-refractivity contribution < 1.29 is 13.9 Å². The summed E-state index contributed by atoms with van der Waals surface area (Å²) >= 11 is 0. The van der Waals surface area contributed by atoms with Crippen LogP contribution in [0.15, 0.2) is 47.1 Å². The third-order valence-corrected chi connectivity index (χ3v) is 4.98. The Morgan fingerprint density at radius 1 is 1.18 bits per heavy atom. The van der Waals surface area contributed by atoms with Crippen LogP contribution in [0.2, 0.25) is 0 Å². The van der Waals surface area contributed by atoms with Crippen LogP contribution in [0, 0.1) is 0 Å². The minimum absolute atomic E-state index is 0.0108. The number of rotatable bonds is 8. The standard InChI is InChI=1S/C21H30N4O3/c1-24(2)19(20-4-3-13-28-20)16-22-21(26)23-18-7-5-17(6-8-18)9-10-25-11-14-27-15-12-25/h3-8,13,19H,9-12,14-16H2,1-2H3,(H2,22,23,26). The van der Waals surface area contributed by atoms with E-state index in [2.05, 4.69) is 27.7 Å². The van der Waals surface area contributed by atoms with Crippen LogP contribution in [0.5, 0.6) is 0 Å². The van der Waals surface area contributed by atoms with E-state index in [0.29, 0.717) is 6.54 Å². The zero-order chi connectivity index (χ0) is 19.8. The summed E-state index contributed by atoms with van der Waals surface area (Å²) < 4.78 is 10.8. The molecule has 1 fully saturated rings. The van der Waals surface area contributed by atoms with Crippen LogP contribution >= 0.6 is 0 Å². The molecule has 0 aliphatic carbocycles. The molecule has 1 aliphatic heterocycles. The monoisotopic (exact) mass is 386 g/mol. The Kier molecular flexibility index (Phi) is 7.47. The largest absolute Gasteiger partial charge is 0.468 e. The molecule has 2 aromatic rings. The molecule has 152 valence electrons. The summed E-state index contributed by atoms with van der Waals surface area (Å²) in [5.74, 6) is 0.829. The number of anilines is 1. The first-order valence-corrected chi connectivity index (χ1v) is 9.75. The summed E-state index contributed by atoms with van der Waals surface area (Å²) in [5.41, 5.74) is 2.05. The SMILES string of the molecule is CN(C)C(CNC(=O)Nc1ccc(CCN2CCOCC2)cc1)c1ccco1. The van der Waals surface area contributed by atoms with Gasteiger partial charge >= 0.3 is 6.03 Å². The number of carbonyl (C=O) groups is 1. The van der Waals surface area contributed by atoms with Crippen LogP contribution in [0.4, 0.5) is 10.5 Å². The molecule has 2 amide bonds. The van der Waals surface area contributed by atoms with Gasteiger partial charge in [-0.3, -0.25) is 9.80 Å². The third-order valence-electron chi connectivity index (χ3n) is 4.98. The number of furan rings is 1. The maximum Gasteiger partial charge on any atom is 0.319 e. The number of likely N-dealkylation sites (N-methyl/N-ethyl adjacent to an activating group) is 1. The van der Waals surface area contributed by atoms with Gasteiger partial charge in [0.05, 0.1) is 25.5 Å². The van der Waals surface area contributed by atoms with Crippen LogP contribution in [0.25, 0.3) is 0 Å². The van der Waals surface area contributed by atoms with E-state index >= 15 is 0 Å². The van der Waals surface area contributed by atoms with Crippen molar-refractivity contribution in [1.29, 1.82) is 0 Å². The molecule has 2 N–H and O–H groups in total. The van der Waals surface area contributed by atoms with Gasteiger partial charge in [-0.15, -0.1) is 0 Å². The zero-order valence-electron chi connectivity index (χ0n) is 16.7. The summed E-state index contributed by atoms with van der Waals surface area (Å²) in [4.78, 5) is 16.7. The minimum Gasteiger partial charge on any atom is -0.468 e. The average Bonchev–Trinajstić information content (AvgIpc) is 3.22. The highest BCUT2D eigenvalue weighted by Crippen LogP contribution is 2.17. The maximum atomic E-state index is 12.2. The van der Waals surface area contributed by atoms with E-state index in [9.17, 15) is 4.79 Å². The van der Waals surface area contributed by atoms with Crippen LogP contribution in [-0.2, 0) is 11.2 Å². The predicted octanol–water partition coefficient (Wildman–Crippen LogP) is 2.58. The summed E-state index contributed by atoms with van der Waals surface area (Å²) in [6.45, 7) is 5.16. The van der Waals surface area contributed by atoms with Crippen molar-refractivity contribution in [3.8, 4) is 0 Å². The first kappa shape index (κ1) is 20.4. The molecular weight excluding hydrogens is 356 g/mol. The second-order valence-corrected chi connectivity index (χ2v) is 7.23. The second-order valence-electron chi connectivity index (χ2n) is 7.23. The fraction of sp³-hybridized carbons (Fsp3) is 0.476. The number of benzene rings is 1. The van der Waals surface area contributed by atoms with Gasteiger partial charge in [-0.1, -0.05) is 12.1 Å². The number of nitrogens with one attached hydrogen (secondary N) is 2. The lowest BCUT2D eigenvalue weighted by molar-refractivity contribution is 0.0384. The normalized spacial score (nSPS) is 16.1. The molecule has 1 atom stereocenters. The molecule has 0 saturated carbocycles. The third kappa shape index (κ3) is 6.09. The van der Waals surface area contributed by atoms with Crippen molar-refractivity contribution in [2.45, 2.75) is 12.5 Å². The lowest BCUT2D eigenvalue weighted by atomic mass is 10.1. The molecule has 1 aliphatic rings. The number of nitrogens with zero attached hydrogens (tertiary/aromatic N) is 2. The minimum atomic E-state index is -0.223. The number of hydrogen-bond acceptors (Lipinski definition) is 5. The van der Waals surface area contributed by atoms with Gasteiger partial charge < -0.3 is 19.8 Å². The van der Waals surface area contributed by atoms with Crippen molar-refractivity contribution in [1.82, 2.24) is 15.1 Å². The number of amides is 2. The molecule has 0 radical (unpaired) electrons. The molecule has 1 saturated heterocycles. The predicted molar refractivity (Wildman–Crippen MR) is 110 cm³/mol. The highest BCUT2D eigenvalue weighted by atomic mass is 16.5. The van der Waals surface area contributed by atoms with E-state index in [1.165, 1.54) is 5.56 Å². The Labute approximate surface area is 166 Å². The van der Waals surface area contributed by atoms with Gasteiger partial charge in [0.25, 0.3) is 0 Å². The number of urea groups is 1. The average molecular weight is 386 g/mol. The first-order chi connectivity index (χ1) is 13.6. The van der Waals surface area contributed by atoms with Gasteiger partial charge in [-0.05, 0) is 50.3 Å². The lowest BCUT2D eigenvalue weighted by Crippen LogP contribution is -2.37. The van der Waals surface area contributed by atoms with Crippen LogP contribution in [0.1, 0.15) is 17.4 Å². The Balaban J connectivity index is 1.43. The van der Waals surface area contributed by atoms with Gasteiger partial charge in [0.1, 0.15) is 5.76 Å². The van der Waals surface area contributed by atoms with Crippen LogP contribution in [-0.4, -0.2) is 69.3 Å². The molecule has 1 aromatic heterocycles. The molecular formula is C21H30N4O3. The summed E-state index contributed by atoms with van der Waals surface area (Å²) in [6, 6.07) is 11.6. The molecule has 7 heteroatoms. The van der Waals surface area contributed by atoms with E-state index < -0.39 is 0 Å². The molecule has 1 aromatic carbocycles. The van der Waals surface area contributed by atoms with Crippen molar-refractivity contribution >= 4 is 11.7 Å². The van der Waals surface area contributed by atoms with E-state index in [0.717, 1.165) is 50.7 Å². The smallest absolute Gasteiger partial charge is 0.319 e. The Bertz CT molecular complexity index is 710. The molecule has 0 bridgehead atoms. The lowest BCUT2D eigenvalue weighted by Gasteiger charge is -2.26. The molecule has 0 spiro atoms. The van der Waals surface area contributed by atoms with E-state index in [4.69, 9.17) is 9.15 Å². The fourth-order valence-electron chi connectivity index (χ4n) is 3.25. The first-order valence-electron chi connectivity index (χ1n) is 9.75. The Morgan fingerprint density at radius 3 is 2.57 bits per heavy atom. The van der Waals surface area contributed by atoms with Crippen LogP contribution < -0.4 is 10.6 Å². The van der Waals surface area contributed by atoms with Crippen molar-refractivity contribution in [2.75, 3.05) is 58.8 Å². The van der Waals surface area contributed by atoms with Crippen molar-refractivity contribution in [3.63, 3.8) is 0 Å². The maximum absolute atomic E-state index is 12.2. The number of hydrogen-bond donors (Lipinski definition) is 2. The van der Waals surface area contributed by atoms with Crippen LogP contribution in [0.3, 0.4) is 0 Å². The van der Waals surface area contributed by atoms with Gasteiger partial charge in [0, 0.05) is 31.9 Å². The van der Waals surface area contributed by atoms with E-state index in [1.807, 2.05) is 43.3 Å².